The minimum absolute atomic E-state index is 0.0370. The molecule has 0 radical (unpaired) electrons. The molecule has 0 aromatic carbocycles. The number of rotatable bonds is 3. The highest BCUT2D eigenvalue weighted by Gasteiger charge is 2.51. The Morgan fingerprint density at radius 2 is 1.81 bits per heavy atom. The molecule has 0 saturated heterocycles. The quantitative estimate of drug-likeness (QED) is 0.907. The first-order valence-electron chi connectivity index (χ1n) is 10.1. The molecule has 0 spiro atoms. The fourth-order valence-electron chi connectivity index (χ4n) is 6.25. The van der Waals surface area contributed by atoms with E-state index < -0.39 is 0 Å². The van der Waals surface area contributed by atoms with Crippen LogP contribution in [-0.2, 0) is 0 Å². The molecule has 0 aliphatic heterocycles. The second-order valence-electron chi connectivity index (χ2n) is 9.37. The maximum absolute atomic E-state index is 13.2. The minimum Gasteiger partial charge on any atom is -0.347 e. The van der Waals surface area contributed by atoms with E-state index >= 15 is 0 Å². The number of nitrogens with one attached hydrogen (secondary N) is 1. The van der Waals surface area contributed by atoms with Crippen molar-refractivity contribution in [3.8, 4) is 0 Å². The highest BCUT2D eigenvalue weighted by Crippen LogP contribution is 2.55. The monoisotopic (exact) mass is 352 g/mol. The van der Waals surface area contributed by atoms with Gasteiger partial charge in [-0.15, -0.1) is 0 Å². The van der Waals surface area contributed by atoms with Crippen molar-refractivity contribution in [3.05, 3.63) is 23.5 Å². The molecule has 0 atom stereocenters. The van der Waals surface area contributed by atoms with E-state index in [1.54, 1.807) is 0 Å². The van der Waals surface area contributed by atoms with Gasteiger partial charge in [-0.2, -0.15) is 5.10 Å². The van der Waals surface area contributed by atoms with Crippen molar-refractivity contribution < 1.29 is 4.79 Å². The molecule has 4 fully saturated rings. The molecule has 138 valence electrons. The molecule has 5 nitrogen and oxygen atoms in total. The summed E-state index contributed by atoms with van der Waals surface area (Å²) in [5.41, 5.74) is 2.40. The maximum atomic E-state index is 13.2. The predicted octanol–water partition coefficient (Wildman–Crippen LogP) is 4.02. The van der Waals surface area contributed by atoms with Gasteiger partial charge in [0.15, 0.2) is 5.65 Å². The Morgan fingerprint density at radius 3 is 2.38 bits per heavy atom. The molecule has 0 unspecified atom stereocenters. The molecule has 5 heteroatoms. The van der Waals surface area contributed by atoms with Crippen LogP contribution < -0.4 is 5.32 Å². The van der Waals surface area contributed by atoms with Crippen LogP contribution in [-0.4, -0.2) is 26.2 Å². The average molecular weight is 352 g/mol. The van der Waals surface area contributed by atoms with Gasteiger partial charge in [-0.1, -0.05) is 0 Å². The normalized spacial score (nSPS) is 32.5. The Balaban J connectivity index is 1.45. The van der Waals surface area contributed by atoms with Crippen molar-refractivity contribution in [3.63, 3.8) is 0 Å². The zero-order valence-corrected chi connectivity index (χ0v) is 16.0. The number of carbonyl (C=O) groups excluding carboxylic acids is 1. The maximum Gasteiger partial charge on any atom is 0.253 e. The summed E-state index contributed by atoms with van der Waals surface area (Å²) in [6, 6.07) is 2.23. The van der Waals surface area contributed by atoms with Crippen molar-refractivity contribution >= 4 is 16.9 Å². The topological polar surface area (TPSA) is 59.8 Å². The highest BCUT2D eigenvalue weighted by molar-refractivity contribution is 5.98. The second-order valence-corrected chi connectivity index (χ2v) is 9.37. The third-order valence-corrected chi connectivity index (χ3v) is 6.91. The summed E-state index contributed by atoms with van der Waals surface area (Å²) in [7, 11) is 0. The molecule has 1 N–H and O–H groups in total. The molecule has 4 aliphatic rings. The standard InChI is InChI=1S/C21H28N4O/c1-12(2)25-19-17(11-22-25)7-18(13(3)23-19)20(26)24-21-8-14-4-15(9-21)6-16(5-14)10-21/h7,11-12,14-16H,4-6,8-10H2,1-3H3,(H,24,26). The number of pyridine rings is 1. The van der Waals surface area contributed by atoms with Crippen molar-refractivity contribution in [2.24, 2.45) is 17.8 Å². The number of fused-ring (bicyclic) bond motifs is 1. The largest absolute Gasteiger partial charge is 0.347 e. The van der Waals surface area contributed by atoms with Crippen LogP contribution in [0.25, 0.3) is 11.0 Å². The molecular weight excluding hydrogens is 324 g/mol. The number of aryl methyl sites for hydroxylation is 1. The van der Waals surface area contributed by atoms with Crippen LogP contribution >= 0.6 is 0 Å². The third kappa shape index (κ3) is 2.47. The Bertz CT molecular complexity index is 846. The summed E-state index contributed by atoms with van der Waals surface area (Å²) in [6.45, 7) is 6.12. The highest BCUT2D eigenvalue weighted by atomic mass is 16.1. The van der Waals surface area contributed by atoms with Gasteiger partial charge < -0.3 is 5.32 Å². The second kappa shape index (κ2) is 5.54. The lowest BCUT2D eigenvalue weighted by Gasteiger charge is -2.56. The first-order chi connectivity index (χ1) is 12.4. The number of hydrogen-bond acceptors (Lipinski definition) is 3. The van der Waals surface area contributed by atoms with Crippen LogP contribution in [0.15, 0.2) is 12.3 Å². The van der Waals surface area contributed by atoms with E-state index in [0.717, 1.165) is 34.5 Å². The Kier molecular flexibility index (Phi) is 3.47. The minimum atomic E-state index is 0.0370. The van der Waals surface area contributed by atoms with Crippen molar-refractivity contribution in [2.75, 3.05) is 0 Å². The summed E-state index contributed by atoms with van der Waals surface area (Å²) in [6.07, 6.45) is 9.49. The van der Waals surface area contributed by atoms with E-state index in [2.05, 4.69) is 24.3 Å². The molecule has 4 bridgehead atoms. The molecule has 6 rings (SSSR count). The molecule has 4 saturated carbocycles. The Hall–Kier alpha value is -1.91. The molecular formula is C21H28N4O. The van der Waals surface area contributed by atoms with Gasteiger partial charge in [0.05, 0.1) is 17.5 Å². The predicted molar refractivity (Wildman–Crippen MR) is 101 cm³/mol. The van der Waals surface area contributed by atoms with Gasteiger partial charge in [0, 0.05) is 17.0 Å². The van der Waals surface area contributed by atoms with E-state index in [1.165, 1.54) is 38.5 Å². The fourth-order valence-corrected chi connectivity index (χ4v) is 6.25. The van der Waals surface area contributed by atoms with E-state index in [1.807, 2.05) is 23.9 Å². The number of nitrogens with zero attached hydrogens (tertiary/aromatic N) is 3. The molecule has 26 heavy (non-hydrogen) atoms. The van der Waals surface area contributed by atoms with Gasteiger partial charge >= 0.3 is 0 Å². The summed E-state index contributed by atoms with van der Waals surface area (Å²) in [5.74, 6) is 2.53. The van der Waals surface area contributed by atoms with Crippen LogP contribution in [0.2, 0.25) is 0 Å². The van der Waals surface area contributed by atoms with Gasteiger partial charge in [0.1, 0.15) is 0 Å². The van der Waals surface area contributed by atoms with E-state index in [-0.39, 0.29) is 17.5 Å². The van der Waals surface area contributed by atoms with Crippen molar-refractivity contribution in [2.45, 2.75) is 70.9 Å². The van der Waals surface area contributed by atoms with Crippen LogP contribution in [0.5, 0.6) is 0 Å². The van der Waals surface area contributed by atoms with Gasteiger partial charge in [-0.25, -0.2) is 9.67 Å². The lowest BCUT2D eigenvalue weighted by Crippen LogP contribution is -2.59. The van der Waals surface area contributed by atoms with Gasteiger partial charge in [0.25, 0.3) is 5.91 Å². The van der Waals surface area contributed by atoms with Gasteiger partial charge in [-0.3, -0.25) is 4.79 Å². The lowest BCUT2D eigenvalue weighted by molar-refractivity contribution is -0.0167. The van der Waals surface area contributed by atoms with Crippen molar-refractivity contribution in [1.29, 1.82) is 0 Å². The van der Waals surface area contributed by atoms with Crippen LogP contribution in [0.3, 0.4) is 0 Å². The zero-order valence-electron chi connectivity index (χ0n) is 16.0. The van der Waals surface area contributed by atoms with Gasteiger partial charge in [0.2, 0.25) is 0 Å². The summed E-state index contributed by atoms with van der Waals surface area (Å²) >= 11 is 0. The molecule has 2 aromatic rings. The van der Waals surface area contributed by atoms with Gasteiger partial charge in [-0.05, 0) is 83.1 Å². The van der Waals surface area contributed by atoms with Crippen LogP contribution in [0, 0.1) is 24.7 Å². The fraction of sp³-hybridized carbons (Fsp3) is 0.667. The zero-order chi connectivity index (χ0) is 18.1. The Morgan fingerprint density at radius 1 is 1.19 bits per heavy atom. The first-order valence-corrected chi connectivity index (χ1v) is 10.1. The molecule has 4 aliphatic carbocycles. The Labute approximate surface area is 154 Å². The number of amides is 1. The lowest BCUT2D eigenvalue weighted by atomic mass is 9.53. The number of carbonyl (C=O) groups is 1. The van der Waals surface area contributed by atoms with Crippen LogP contribution in [0.1, 0.15) is 74.5 Å². The van der Waals surface area contributed by atoms with Crippen molar-refractivity contribution in [1.82, 2.24) is 20.1 Å². The summed E-state index contributed by atoms with van der Waals surface area (Å²) < 4.78 is 1.92. The number of hydrogen-bond donors (Lipinski definition) is 1. The SMILES string of the molecule is Cc1nc2c(cnn2C(C)C)cc1C(=O)NC12CC3CC(CC(C3)C1)C2. The van der Waals surface area contributed by atoms with E-state index in [4.69, 9.17) is 4.98 Å². The average Bonchev–Trinajstić information content (AvgIpc) is 2.95. The first kappa shape index (κ1) is 16.3. The molecule has 2 aromatic heterocycles. The smallest absolute Gasteiger partial charge is 0.253 e. The summed E-state index contributed by atoms with van der Waals surface area (Å²) in [4.78, 5) is 17.9. The summed E-state index contributed by atoms with van der Waals surface area (Å²) in [5, 5.41) is 8.85. The van der Waals surface area contributed by atoms with E-state index in [0.29, 0.717) is 5.56 Å². The third-order valence-electron chi connectivity index (χ3n) is 6.91. The van der Waals surface area contributed by atoms with Crippen LogP contribution in [0.4, 0.5) is 0 Å². The molecule has 2 heterocycles. The molecule has 1 amide bonds. The number of aromatic nitrogens is 3. The van der Waals surface area contributed by atoms with E-state index in [9.17, 15) is 4.79 Å².